The predicted molar refractivity (Wildman–Crippen MR) is 93.5 cm³/mol. The number of carbonyl (C=O) groups is 1. The van der Waals surface area contributed by atoms with Gasteiger partial charge in [0, 0.05) is 22.2 Å². The number of quaternary nitrogens is 1. The van der Waals surface area contributed by atoms with Gasteiger partial charge < -0.3 is 10.3 Å². The van der Waals surface area contributed by atoms with Crippen molar-refractivity contribution in [3.05, 3.63) is 70.9 Å². The van der Waals surface area contributed by atoms with E-state index >= 15 is 0 Å². The molecule has 5 heteroatoms. The maximum absolute atomic E-state index is 13.4. The van der Waals surface area contributed by atoms with Crippen molar-refractivity contribution < 1.29 is 18.9 Å². The van der Waals surface area contributed by atoms with Crippen molar-refractivity contribution in [2.45, 2.75) is 32.9 Å². The summed E-state index contributed by atoms with van der Waals surface area (Å²) in [6.45, 7) is 5.59. The zero-order valence-corrected chi connectivity index (χ0v) is 14.4. The number of aromatic amines is 1. The van der Waals surface area contributed by atoms with E-state index < -0.39 is 11.6 Å². The zero-order chi connectivity index (χ0) is 18.1. The highest BCUT2D eigenvalue weighted by Crippen LogP contribution is 2.23. The van der Waals surface area contributed by atoms with Crippen LogP contribution in [-0.2, 0) is 0 Å². The highest BCUT2D eigenvalue weighted by atomic mass is 19.2. The van der Waals surface area contributed by atoms with Crippen LogP contribution in [0.2, 0.25) is 0 Å². The first-order valence-corrected chi connectivity index (χ1v) is 8.30. The summed E-state index contributed by atoms with van der Waals surface area (Å²) in [6, 6.07) is 11.0. The third-order valence-corrected chi connectivity index (χ3v) is 4.60. The topological polar surface area (TPSA) is 49.5 Å². The van der Waals surface area contributed by atoms with E-state index in [1.807, 2.05) is 50.4 Å². The van der Waals surface area contributed by atoms with Gasteiger partial charge in [0.05, 0.1) is 5.56 Å². The van der Waals surface area contributed by atoms with Gasteiger partial charge in [0.2, 0.25) is 5.78 Å². The highest BCUT2D eigenvalue weighted by Gasteiger charge is 2.26. The Morgan fingerprint density at radius 2 is 1.80 bits per heavy atom. The minimum atomic E-state index is -0.871. The van der Waals surface area contributed by atoms with Crippen molar-refractivity contribution in [2.75, 3.05) is 0 Å². The summed E-state index contributed by atoms with van der Waals surface area (Å²) in [4.78, 5) is 16.2. The number of aryl methyl sites for hydroxylation is 1. The van der Waals surface area contributed by atoms with Crippen LogP contribution in [0.4, 0.5) is 8.78 Å². The number of hydrogen-bond acceptors (Lipinski definition) is 1. The molecular formula is C20H21F2N2O+. The quantitative estimate of drug-likeness (QED) is 0.683. The van der Waals surface area contributed by atoms with Crippen LogP contribution in [-0.4, -0.2) is 16.8 Å². The first-order valence-electron chi connectivity index (χ1n) is 8.30. The Hall–Kier alpha value is -2.53. The molecule has 0 unspecified atom stereocenters. The number of carbonyl (C=O) groups excluding carboxylic acids is 1. The number of ketones is 1. The van der Waals surface area contributed by atoms with E-state index in [0.29, 0.717) is 11.1 Å². The van der Waals surface area contributed by atoms with E-state index in [9.17, 15) is 13.6 Å². The van der Waals surface area contributed by atoms with Gasteiger partial charge >= 0.3 is 0 Å². The first kappa shape index (κ1) is 17.3. The highest BCUT2D eigenvalue weighted by molar-refractivity contribution is 6.10. The van der Waals surface area contributed by atoms with Crippen LogP contribution >= 0.6 is 0 Å². The molecule has 3 rings (SSSR count). The molecule has 1 aromatic heterocycles. The Balaban J connectivity index is 1.82. The molecule has 2 atom stereocenters. The molecule has 3 aromatic rings. The molecule has 130 valence electrons. The molecule has 25 heavy (non-hydrogen) atoms. The van der Waals surface area contributed by atoms with Crippen molar-refractivity contribution >= 4 is 16.7 Å². The number of hydrogen-bond donors (Lipinski definition) is 2. The zero-order valence-electron chi connectivity index (χ0n) is 14.4. The third kappa shape index (κ3) is 3.33. The minimum Gasteiger partial charge on any atom is -0.358 e. The average molecular weight is 343 g/mol. The number of nitrogens with one attached hydrogen (secondary N) is 1. The second-order valence-corrected chi connectivity index (χ2v) is 6.48. The number of rotatable bonds is 5. The summed E-state index contributed by atoms with van der Waals surface area (Å²) in [5.41, 5.74) is 3.11. The Kier molecular flexibility index (Phi) is 4.68. The van der Waals surface area contributed by atoms with Gasteiger partial charge in [-0.3, -0.25) is 4.79 Å². The summed E-state index contributed by atoms with van der Waals surface area (Å²) in [5, 5.41) is 2.78. The largest absolute Gasteiger partial charge is 0.358 e. The number of halogens is 2. The predicted octanol–water partition coefficient (Wildman–Crippen LogP) is 3.65. The maximum atomic E-state index is 13.4. The number of aromatic nitrogens is 1. The van der Waals surface area contributed by atoms with Crippen molar-refractivity contribution in [3.63, 3.8) is 0 Å². The van der Waals surface area contributed by atoms with Crippen LogP contribution < -0.4 is 5.32 Å². The number of nitrogens with two attached hydrogens (primary N) is 1. The smallest absolute Gasteiger partial charge is 0.221 e. The fourth-order valence-corrected chi connectivity index (χ4v) is 3.25. The molecular weight excluding hydrogens is 322 g/mol. The van der Waals surface area contributed by atoms with Gasteiger partial charge in [0.1, 0.15) is 12.1 Å². The lowest BCUT2D eigenvalue weighted by atomic mass is 10.00. The number of para-hydroxylation sites is 1. The van der Waals surface area contributed by atoms with Gasteiger partial charge in [-0.05, 0) is 45.0 Å². The van der Waals surface area contributed by atoms with Gasteiger partial charge in [0.25, 0.3) is 0 Å². The molecule has 0 radical (unpaired) electrons. The number of H-pyrrole nitrogens is 1. The molecule has 0 spiro atoms. The fraction of sp³-hybridized carbons (Fsp3) is 0.250. The minimum absolute atomic E-state index is 0.0179. The summed E-state index contributed by atoms with van der Waals surface area (Å²) in [6.07, 6.45) is 0. The van der Waals surface area contributed by atoms with E-state index in [2.05, 4.69) is 4.98 Å². The lowest BCUT2D eigenvalue weighted by molar-refractivity contribution is -0.709. The first-order chi connectivity index (χ1) is 11.9. The van der Waals surface area contributed by atoms with Crippen LogP contribution in [0.1, 0.15) is 41.5 Å². The Bertz CT molecular complexity index is 933. The molecule has 3 N–H and O–H groups in total. The maximum Gasteiger partial charge on any atom is 0.221 e. The number of benzene rings is 2. The van der Waals surface area contributed by atoms with Gasteiger partial charge in [-0.2, -0.15) is 0 Å². The monoisotopic (exact) mass is 343 g/mol. The standard InChI is InChI=1S/C20H20F2N2O/c1-11(14-8-9-16(21)17(22)10-14)23-13(3)20(25)19-12(2)24-18-7-5-4-6-15(18)19/h4-11,13,23-24H,1-3H3/p+1/t11-,13+/m0/s1. The molecule has 2 aromatic carbocycles. The molecule has 0 fully saturated rings. The number of fused-ring (bicyclic) bond motifs is 1. The molecule has 0 aliphatic heterocycles. The Morgan fingerprint density at radius 1 is 1.08 bits per heavy atom. The molecule has 0 amide bonds. The Morgan fingerprint density at radius 3 is 2.52 bits per heavy atom. The summed E-state index contributed by atoms with van der Waals surface area (Å²) in [7, 11) is 0. The lowest BCUT2D eigenvalue weighted by Crippen LogP contribution is -2.91. The van der Waals surface area contributed by atoms with E-state index in [1.54, 1.807) is 6.07 Å². The van der Waals surface area contributed by atoms with E-state index in [0.717, 1.165) is 22.7 Å². The normalized spacial score (nSPS) is 13.8. The average Bonchev–Trinajstić information content (AvgIpc) is 2.92. The van der Waals surface area contributed by atoms with Crippen LogP contribution in [0.3, 0.4) is 0 Å². The van der Waals surface area contributed by atoms with Crippen molar-refractivity contribution in [1.82, 2.24) is 4.98 Å². The van der Waals surface area contributed by atoms with E-state index in [1.165, 1.54) is 6.07 Å². The molecule has 0 aliphatic carbocycles. The summed E-state index contributed by atoms with van der Waals surface area (Å²) < 4.78 is 26.5. The van der Waals surface area contributed by atoms with Gasteiger partial charge in [0.15, 0.2) is 11.6 Å². The van der Waals surface area contributed by atoms with Gasteiger partial charge in [-0.25, -0.2) is 8.78 Å². The van der Waals surface area contributed by atoms with Crippen molar-refractivity contribution in [3.8, 4) is 0 Å². The Labute approximate surface area is 145 Å². The van der Waals surface area contributed by atoms with E-state index in [-0.39, 0.29) is 17.9 Å². The van der Waals surface area contributed by atoms with Crippen LogP contribution in [0.5, 0.6) is 0 Å². The molecule has 3 nitrogen and oxygen atoms in total. The lowest BCUT2D eigenvalue weighted by Gasteiger charge is -2.16. The molecule has 1 heterocycles. The number of Topliss-reactive ketones (excluding diaryl/α,β-unsaturated/α-hetero) is 1. The van der Waals surface area contributed by atoms with Crippen LogP contribution in [0.25, 0.3) is 10.9 Å². The van der Waals surface area contributed by atoms with Crippen molar-refractivity contribution in [1.29, 1.82) is 0 Å². The van der Waals surface area contributed by atoms with Gasteiger partial charge in [-0.15, -0.1) is 0 Å². The van der Waals surface area contributed by atoms with E-state index in [4.69, 9.17) is 0 Å². The fourth-order valence-electron chi connectivity index (χ4n) is 3.25. The van der Waals surface area contributed by atoms with Crippen LogP contribution in [0.15, 0.2) is 42.5 Å². The third-order valence-electron chi connectivity index (χ3n) is 4.60. The van der Waals surface area contributed by atoms with Gasteiger partial charge in [-0.1, -0.05) is 18.2 Å². The summed E-state index contributed by atoms with van der Waals surface area (Å²) >= 11 is 0. The second kappa shape index (κ2) is 6.76. The molecule has 0 aliphatic rings. The SMILES string of the molecule is Cc1[nH]c2ccccc2c1C(=O)[C@@H](C)[NH2+][C@@H](C)c1ccc(F)c(F)c1. The second-order valence-electron chi connectivity index (χ2n) is 6.48. The molecule has 0 saturated heterocycles. The van der Waals surface area contributed by atoms with Crippen LogP contribution in [0, 0.1) is 18.6 Å². The summed E-state index contributed by atoms with van der Waals surface area (Å²) in [5.74, 6) is -1.72. The molecule has 0 saturated carbocycles. The molecule has 0 bridgehead atoms. The van der Waals surface area contributed by atoms with Crippen molar-refractivity contribution in [2.24, 2.45) is 0 Å².